The molecular formula is C12H11F5N2O3. The van der Waals surface area contributed by atoms with E-state index in [9.17, 15) is 31.5 Å². The molecule has 0 atom stereocenters. The lowest BCUT2D eigenvalue weighted by atomic mass is 10.1. The van der Waals surface area contributed by atoms with Crippen LogP contribution in [0.25, 0.3) is 0 Å². The summed E-state index contributed by atoms with van der Waals surface area (Å²) in [6.45, 7) is 0. The Morgan fingerprint density at radius 2 is 1.82 bits per heavy atom. The van der Waals surface area contributed by atoms with E-state index in [2.05, 4.69) is 15.0 Å². The molecule has 0 aliphatic carbocycles. The van der Waals surface area contributed by atoms with Crippen molar-refractivity contribution < 1.29 is 36.3 Å². The van der Waals surface area contributed by atoms with E-state index in [0.29, 0.717) is 12.3 Å². The highest BCUT2D eigenvalue weighted by Crippen LogP contribution is 2.43. The van der Waals surface area contributed by atoms with Gasteiger partial charge in [-0.05, 0) is 12.1 Å². The predicted octanol–water partition coefficient (Wildman–Crippen LogP) is 2.63. The number of nitrogens with one attached hydrogen (secondary N) is 1. The van der Waals surface area contributed by atoms with E-state index >= 15 is 0 Å². The molecule has 1 aromatic rings. The Kier molecular flexibility index (Phi) is 5.39. The van der Waals surface area contributed by atoms with Crippen molar-refractivity contribution in [2.24, 2.45) is 0 Å². The first-order chi connectivity index (χ1) is 10.1. The summed E-state index contributed by atoms with van der Waals surface area (Å²) in [5, 5.41) is 2.15. The van der Waals surface area contributed by atoms with E-state index in [1.165, 1.54) is 0 Å². The van der Waals surface area contributed by atoms with Gasteiger partial charge in [0.1, 0.15) is 5.82 Å². The number of nitrogens with zero attached hydrogens (tertiary/aromatic N) is 1. The maximum absolute atomic E-state index is 13.0. The van der Waals surface area contributed by atoms with Crippen molar-refractivity contribution in [3.05, 3.63) is 23.9 Å². The van der Waals surface area contributed by atoms with Gasteiger partial charge in [0.05, 0.1) is 13.5 Å². The van der Waals surface area contributed by atoms with E-state index in [1.54, 1.807) is 0 Å². The number of esters is 1. The summed E-state index contributed by atoms with van der Waals surface area (Å²) < 4.78 is 66.8. The van der Waals surface area contributed by atoms with Gasteiger partial charge in [-0.2, -0.15) is 22.0 Å². The van der Waals surface area contributed by atoms with Gasteiger partial charge in [0, 0.05) is 18.2 Å². The number of ether oxygens (including phenoxy) is 1. The zero-order chi connectivity index (χ0) is 17.0. The zero-order valence-corrected chi connectivity index (χ0v) is 11.2. The molecule has 22 heavy (non-hydrogen) atoms. The normalized spacial score (nSPS) is 11.9. The Hall–Kier alpha value is -2.26. The molecule has 1 heterocycles. The molecular weight excluding hydrogens is 315 g/mol. The van der Waals surface area contributed by atoms with Gasteiger partial charge in [-0.1, -0.05) is 0 Å². The topological polar surface area (TPSA) is 68.3 Å². The summed E-state index contributed by atoms with van der Waals surface area (Å²) in [6, 6.07) is 1.32. The lowest BCUT2D eigenvalue weighted by molar-refractivity contribution is -0.289. The minimum Gasteiger partial charge on any atom is -0.469 e. The van der Waals surface area contributed by atoms with Gasteiger partial charge in [-0.3, -0.25) is 9.59 Å². The molecule has 0 aromatic carbocycles. The second-order valence-corrected chi connectivity index (χ2v) is 4.13. The van der Waals surface area contributed by atoms with Gasteiger partial charge in [-0.15, -0.1) is 0 Å². The van der Waals surface area contributed by atoms with Crippen LogP contribution in [0.15, 0.2) is 18.3 Å². The number of amides is 1. The second kappa shape index (κ2) is 6.67. The van der Waals surface area contributed by atoms with Crippen LogP contribution in [-0.2, 0) is 20.2 Å². The smallest absolute Gasteiger partial charge is 0.458 e. The zero-order valence-electron chi connectivity index (χ0n) is 11.2. The monoisotopic (exact) mass is 326 g/mol. The molecule has 0 spiro atoms. The predicted molar refractivity (Wildman–Crippen MR) is 64.1 cm³/mol. The van der Waals surface area contributed by atoms with Crippen LogP contribution in [0.2, 0.25) is 0 Å². The molecule has 0 radical (unpaired) electrons. The molecule has 0 fully saturated rings. The summed E-state index contributed by atoms with van der Waals surface area (Å²) in [4.78, 5) is 25.5. The van der Waals surface area contributed by atoms with Crippen LogP contribution in [0.3, 0.4) is 0 Å². The van der Waals surface area contributed by atoms with Crippen molar-refractivity contribution in [2.45, 2.75) is 24.9 Å². The molecule has 0 bridgehead atoms. The second-order valence-electron chi connectivity index (χ2n) is 4.13. The van der Waals surface area contributed by atoms with Gasteiger partial charge in [0.2, 0.25) is 5.91 Å². The van der Waals surface area contributed by atoms with E-state index in [-0.39, 0.29) is 18.7 Å². The average molecular weight is 326 g/mol. The number of alkyl halides is 5. The lowest BCUT2D eigenvalue weighted by Gasteiger charge is -2.19. The SMILES string of the molecule is COC(=O)CCC(=O)Nc1ccc(C(F)(F)C(F)(F)F)cn1. The fourth-order valence-electron chi connectivity index (χ4n) is 1.34. The number of methoxy groups -OCH3 is 1. The number of anilines is 1. The van der Waals surface area contributed by atoms with Gasteiger partial charge >= 0.3 is 18.1 Å². The third-order valence-corrected chi connectivity index (χ3v) is 2.53. The Labute approximate surface area is 121 Å². The van der Waals surface area contributed by atoms with Gasteiger partial charge in [0.15, 0.2) is 0 Å². The molecule has 1 aromatic heterocycles. The Morgan fingerprint density at radius 1 is 1.18 bits per heavy atom. The van der Waals surface area contributed by atoms with Crippen LogP contribution in [0.5, 0.6) is 0 Å². The molecule has 5 nitrogen and oxygen atoms in total. The highest BCUT2D eigenvalue weighted by Gasteiger charge is 2.58. The highest BCUT2D eigenvalue weighted by molar-refractivity contribution is 5.91. The molecule has 1 rings (SSSR count). The van der Waals surface area contributed by atoms with Crippen molar-refractivity contribution >= 4 is 17.7 Å². The number of aromatic nitrogens is 1. The van der Waals surface area contributed by atoms with Crippen molar-refractivity contribution in [3.63, 3.8) is 0 Å². The van der Waals surface area contributed by atoms with Gasteiger partial charge < -0.3 is 10.1 Å². The standard InChI is InChI=1S/C12H11F5N2O3/c1-22-10(21)5-4-9(20)19-8-3-2-7(6-18-8)11(13,14)12(15,16)17/h2-3,6H,4-5H2,1H3,(H,18,19,20). The van der Waals surface area contributed by atoms with E-state index in [1.807, 2.05) is 0 Å². The van der Waals surface area contributed by atoms with Crippen LogP contribution in [0.1, 0.15) is 18.4 Å². The van der Waals surface area contributed by atoms with Crippen LogP contribution < -0.4 is 5.32 Å². The number of hydrogen-bond donors (Lipinski definition) is 1. The number of pyridine rings is 1. The fraction of sp³-hybridized carbons (Fsp3) is 0.417. The third kappa shape index (κ3) is 4.37. The fourth-order valence-corrected chi connectivity index (χ4v) is 1.34. The van der Waals surface area contributed by atoms with E-state index in [0.717, 1.165) is 13.2 Å². The molecule has 0 unspecified atom stereocenters. The lowest BCUT2D eigenvalue weighted by Crippen LogP contribution is -2.33. The maximum Gasteiger partial charge on any atom is 0.458 e. The molecule has 1 amide bonds. The molecule has 1 N–H and O–H groups in total. The van der Waals surface area contributed by atoms with Crippen LogP contribution in [0, 0.1) is 0 Å². The Bertz CT molecular complexity index is 543. The third-order valence-electron chi connectivity index (χ3n) is 2.53. The molecule has 0 saturated heterocycles. The first kappa shape index (κ1) is 17.8. The summed E-state index contributed by atoms with van der Waals surface area (Å²) in [5.41, 5.74) is -1.34. The number of rotatable bonds is 5. The molecule has 122 valence electrons. The van der Waals surface area contributed by atoms with Crippen LogP contribution in [-0.4, -0.2) is 30.1 Å². The van der Waals surface area contributed by atoms with Crippen molar-refractivity contribution in [2.75, 3.05) is 12.4 Å². The summed E-state index contributed by atoms with van der Waals surface area (Å²) in [6.07, 6.45) is -5.86. The minimum atomic E-state index is -5.74. The maximum atomic E-state index is 13.0. The Balaban J connectivity index is 2.70. The van der Waals surface area contributed by atoms with Crippen LogP contribution >= 0.6 is 0 Å². The summed E-state index contributed by atoms with van der Waals surface area (Å²) >= 11 is 0. The minimum absolute atomic E-state index is 0.202. The summed E-state index contributed by atoms with van der Waals surface area (Å²) in [5.74, 6) is -6.53. The first-order valence-electron chi connectivity index (χ1n) is 5.85. The van der Waals surface area contributed by atoms with Crippen molar-refractivity contribution in [3.8, 4) is 0 Å². The van der Waals surface area contributed by atoms with Gasteiger partial charge in [-0.25, -0.2) is 4.98 Å². The Morgan fingerprint density at radius 3 is 2.27 bits per heavy atom. The number of carbonyl (C=O) groups is 2. The first-order valence-corrected chi connectivity index (χ1v) is 5.85. The largest absolute Gasteiger partial charge is 0.469 e. The number of halogens is 5. The molecule has 10 heteroatoms. The average Bonchev–Trinajstić information content (AvgIpc) is 2.44. The quantitative estimate of drug-likeness (QED) is 0.667. The number of hydrogen-bond acceptors (Lipinski definition) is 4. The van der Waals surface area contributed by atoms with Crippen LogP contribution in [0.4, 0.5) is 27.8 Å². The van der Waals surface area contributed by atoms with Crippen molar-refractivity contribution in [1.82, 2.24) is 4.98 Å². The highest BCUT2D eigenvalue weighted by atomic mass is 19.4. The van der Waals surface area contributed by atoms with Gasteiger partial charge in [0.25, 0.3) is 0 Å². The van der Waals surface area contributed by atoms with E-state index < -0.39 is 29.5 Å². The van der Waals surface area contributed by atoms with E-state index in [4.69, 9.17) is 0 Å². The number of carbonyl (C=O) groups excluding carboxylic acids is 2. The molecule has 0 aliphatic rings. The molecule has 0 aliphatic heterocycles. The van der Waals surface area contributed by atoms with Crippen molar-refractivity contribution in [1.29, 1.82) is 0 Å². The summed E-state index contributed by atoms with van der Waals surface area (Å²) in [7, 11) is 1.14. The molecule has 0 saturated carbocycles.